The largest absolute Gasteiger partial charge is 0.492 e. The minimum Gasteiger partial charge on any atom is -0.492 e. The lowest BCUT2D eigenvalue weighted by atomic mass is 10.1. The number of hydrogen-bond acceptors (Lipinski definition) is 4. The van der Waals surface area contributed by atoms with Gasteiger partial charge in [0.1, 0.15) is 5.75 Å². The molecular formula is C23H34N4O2. The zero-order chi connectivity index (χ0) is 21.0. The fourth-order valence-corrected chi connectivity index (χ4v) is 3.97. The van der Waals surface area contributed by atoms with Gasteiger partial charge in [0.15, 0.2) is 0 Å². The highest BCUT2D eigenvalue weighted by molar-refractivity contribution is 5.79. The average molecular weight is 399 g/mol. The Kier molecular flexibility index (Phi) is 6.83. The summed E-state index contributed by atoms with van der Waals surface area (Å²) < 4.78 is 7.81. The van der Waals surface area contributed by atoms with Crippen LogP contribution in [0.15, 0.2) is 24.3 Å². The van der Waals surface area contributed by atoms with Gasteiger partial charge in [0.05, 0.1) is 24.4 Å². The highest BCUT2D eigenvalue weighted by Crippen LogP contribution is 2.29. The third-order valence-corrected chi connectivity index (χ3v) is 5.54. The number of piperazine rings is 1. The van der Waals surface area contributed by atoms with Crippen LogP contribution in [0.5, 0.6) is 5.75 Å². The summed E-state index contributed by atoms with van der Waals surface area (Å²) in [5.41, 5.74) is 4.29. The summed E-state index contributed by atoms with van der Waals surface area (Å²) in [5, 5.41) is 4.65. The Balaban J connectivity index is 1.62. The van der Waals surface area contributed by atoms with E-state index >= 15 is 0 Å². The predicted octanol–water partition coefficient (Wildman–Crippen LogP) is 3.45. The molecule has 1 aliphatic rings. The second-order valence-electron chi connectivity index (χ2n) is 8.17. The van der Waals surface area contributed by atoms with E-state index in [-0.39, 0.29) is 5.91 Å². The molecule has 0 bridgehead atoms. The van der Waals surface area contributed by atoms with Crippen LogP contribution in [0, 0.1) is 19.8 Å². The number of hydrogen-bond donors (Lipinski definition) is 0. The van der Waals surface area contributed by atoms with Gasteiger partial charge in [0.2, 0.25) is 5.91 Å². The van der Waals surface area contributed by atoms with Gasteiger partial charge in [-0.25, -0.2) is 0 Å². The lowest BCUT2D eigenvalue weighted by molar-refractivity contribution is -0.130. The number of carbonyl (C=O) groups is 1. The number of aryl methyl sites for hydroxylation is 1. The van der Waals surface area contributed by atoms with Crippen molar-refractivity contribution in [2.45, 2.75) is 47.6 Å². The van der Waals surface area contributed by atoms with Gasteiger partial charge < -0.3 is 14.5 Å². The van der Waals surface area contributed by atoms with E-state index in [0.717, 1.165) is 61.1 Å². The highest BCUT2D eigenvalue weighted by Gasteiger charge is 2.25. The van der Waals surface area contributed by atoms with Crippen molar-refractivity contribution in [2.75, 3.05) is 37.7 Å². The van der Waals surface area contributed by atoms with Crippen LogP contribution in [0.25, 0.3) is 0 Å². The molecule has 1 aromatic carbocycles. The summed E-state index contributed by atoms with van der Waals surface area (Å²) in [4.78, 5) is 17.3. The minimum absolute atomic E-state index is 0.193. The van der Waals surface area contributed by atoms with Crippen molar-refractivity contribution in [3.63, 3.8) is 0 Å². The third-order valence-electron chi connectivity index (χ3n) is 5.54. The number of para-hydroxylation sites is 2. The number of benzene rings is 1. The number of aromatic nitrogens is 2. The fraction of sp³-hybridized carbons (Fsp3) is 0.565. The molecule has 0 unspecified atom stereocenters. The van der Waals surface area contributed by atoms with Crippen molar-refractivity contribution < 1.29 is 9.53 Å². The van der Waals surface area contributed by atoms with Crippen LogP contribution < -0.4 is 9.64 Å². The normalized spacial score (nSPS) is 14.6. The van der Waals surface area contributed by atoms with Gasteiger partial charge in [-0.2, -0.15) is 5.10 Å². The van der Waals surface area contributed by atoms with E-state index in [9.17, 15) is 4.79 Å². The number of carbonyl (C=O) groups excluding carboxylic acids is 1. The molecule has 3 rings (SSSR count). The van der Waals surface area contributed by atoms with E-state index in [0.29, 0.717) is 18.9 Å². The molecule has 2 aromatic rings. The maximum absolute atomic E-state index is 13.0. The first-order valence-electron chi connectivity index (χ1n) is 10.7. The molecule has 1 amide bonds. The molecule has 1 fully saturated rings. The Morgan fingerprint density at radius 2 is 1.83 bits per heavy atom. The second-order valence-corrected chi connectivity index (χ2v) is 8.17. The second kappa shape index (κ2) is 9.33. The molecular weight excluding hydrogens is 364 g/mol. The topological polar surface area (TPSA) is 50.6 Å². The Morgan fingerprint density at radius 3 is 2.48 bits per heavy atom. The van der Waals surface area contributed by atoms with Crippen molar-refractivity contribution in [3.05, 3.63) is 41.2 Å². The van der Waals surface area contributed by atoms with E-state index in [2.05, 4.69) is 36.8 Å². The molecule has 0 N–H and O–H groups in total. The SMILES string of the molecule is CCOc1ccccc1N1CCN(C(=O)Cc2c(C)nn(CC(C)C)c2C)CC1. The zero-order valence-corrected chi connectivity index (χ0v) is 18.4. The maximum atomic E-state index is 13.0. The van der Waals surface area contributed by atoms with Gasteiger partial charge >= 0.3 is 0 Å². The third kappa shape index (κ3) is 4.92. The fourth-order valence-electron chi connectivity index (χ4n) is 3.97. The van der Waals surface area contributed by atoms with Gasteiger partial charge in [-0.3, -0.25) is 9.48 Å². The highest BCUT2D eigenvalue weighted by atomic mass is 16.5. The van der Waals surface area contributed by atoms with E-state index in [4.69, 9.17) is 4.74 Å². The summed E-state index contributed by atoms with van der Waals surface area (Å²) in [5.74, 6) is 1.64. The molecule has 2 heterocycles. The predicted molar refractivity (Wildman–Crippen MR) is 117 cm³/mol. The van der Waals surface area contributed by atoms with Gasteiger partial charge in [0, 0.05) is 44.0 Å². The smallest absolute Gasteiger partial charge is 0.227 e. The van der Waals surface area contributed by atoms with Gasteiger partial charge in [0.25, 0.3) is 0 Å². The van der Waals surface area contributed by atoms with Crippen molar-refractivity contribution >= 4 is 11.6 Å². The molecule has 158 valence electrons. The van der Waals surface area contributed by atoms with Crippen molar-refractivity contribution in [1.82, 2.24) is 14.7 Å². The van der Waals surface area contributed by atoms with E-state index in [1.54, 1.807) is 0 Å². The summed E-state index contributed by atoms with van der Waals surface area (Å²) in [6.07, 6.45) is 0.436. The molecule has 0 atom stereocenters. The molecule has 1 saturated heterocycles. The average Bonchev–Trinajstić information content (AvgIpc) is 2.95. The first-order valence-corrected chi connectivity index (χ1v) is 10.7. The van der Waals surface area contributed by atoms with Crippen molar-refractivity contribution in [3.8, 4) is 5.75 Å². The Bertz CT molecular complexity index is 835. The molecule has 6 nitrogen and oxygen atoms in total. The lowest BCUT2D eigenvalue weighted by Gasteiger charge is -2.36. The summed E-state index contributed by atoms with van der Waals surface area (Å²) >= 11 is 0. The number of anilines is 1. The standard InChI is InChI=1S/C23H34N4O2/c1-6-29-22-10-8-7-9-21(22)25-11-13-26(14-12-25)23(28)15-20-18(4)24-27(19(20)5)16-17(2)3/h7-10,17H,6,11-16H2,1-5H3. The van der Waals surface area contributed by atoms with Crippen molar-refractivity contribution in [1.29, 1.82) is 0 Å². The Hall–Kier alpha value is -2.50. The van der Waals surface area contributed by atoms with Gasteiger partial charge in [-0.05, 0) is 38.8 Å². The first kappa shape index (κ1) is 21.2. The molecule has 1 aliphatic heterocycles. The molecule has 29 heavy (non-hydrogen) atoms. The molecule has 0 spiro atoms. The lowest BCUT2D eigenvalue weighted by Crippen LogP contribution is -2.49. The van der Waals surface area contributed by atoms with Crippen LogP contribution in [-0.2, 0) is 17.8 Å². The van der Waals surface area contributed by atoms with E-state index in [1.165, 1.54) is 0 Å². The van der Waals surface area contributed by atoms with Crippen LogP contribution in [0.4, 0.5) is 5.69 Å². The maximum Gasteiger partial charge on any atom is 0.227 e. The van der Waals surface area contributed by atoms with Gasteiger partial charge in [-0.15, -0.1) is 0 Å². The van der Waals surface area contributed by atoms with Crippen LogP contribution in [0.3, 0.4) is 0 Å². The van der Waals surface area contributed by atoms with E-state index < -0.39 is 0 Å². The first-order chi connectivity index (χ1) is 13.9. The Morgan fingerprint density at radius 1 is 1.14 bits per heavy atom. The van der Waals surface area contributed by atoms with Gasteiger partial charge in [-0.1, -0.05) is 26.0 Å². The molecule has 0 aliphatic carbocycles. The van der Waals surface area contributed by atoms with Crippen LogP contribution in [0.1, 0.15) is 37.7 Å². The van der Waals surface area contributed by atoms with E-state index in [1.807, 2.05) is 41.6 Å². The summed E-state index contributed by atoms with van der Waals surface area (Å²) in [6, 6.07) is 8.14. The Labute approximate surface area is 174 Å². The number of ether oxygens (including phenoxy) is 1. The van der Waals surface area contributed by atoms with Crippen LogP contribution >= 0.6 is 0 Å². The molecule has 1 aromatic heterocycles. The monoisotopic (exact) mass is 398 g/mol. The van der Waals surface area contributed by atoms with Crippen molar-refractivity contribution in [2.24, 2.45) is 5.92 Å². The number of amides is 1. The zero-order valence-electron chi connectivity index (χ0n) is 18.4. The van der Waals surface area contributed by atoms with Crippen LogP contribution in [-0.4, -0.2) is 53.4 Å². The number of nitrogens with zero attached hydrogens (tertiary/aromatic N) is 4. The minimum atomic E-state index is 0.193. The molecule has 6 heteroatoms. The summed E-state index contributed by atoms with van der Waals surface area (Å²) in [7, 11) is 0. The van der Waals surface area contributed by atoms with Crippen LogP contribution in [0.2, 0.25) is 0 Å². The summed E-state index contributed by atoms with van der Waals surface area (Å²) in [6.45, 7) is 15.1. The molecule has 0 saturated carbocycles. The molecule has 0 radical (unpaired) electrons. The number of rotatable bonds is 7. The quantitative estimate of drug-likeness (QED) is 0.717.